The summed E-state index contributed by atoms with van der Waals surface area (Å²) in [7, 11) is 1.67. The predicted molar refractivity (Wildman–Crippen MR) is 105 cm³/mol. The fourth-order valence-corrected chi connectivity index (χ4v) is 3.40. The Hall–Kier alpha value is -2.66. The third-order valence-corrected chi connectivity index (χ3v) is 5.16. The van der Waals surface area contributed by atoms with Gasteiger partial charge in [0.05, 0.1) is 12.5 Å². The van der Waals surface area contributed by atoms with Crippen molar-refractivity contribution in [2.75, 3.05) is 18.6 Å². The normalized spacial score (nSPS) is 16.6. The van der Waals surface area contributed by atoms with Crippen LogP contribution in [0, 0.1) is 19.8 Å². The summed E-state index contributed by atoms with van der Waals surface area (Å²) < 4.78 is 5.10. The first-order valence-corrected chi connectivity index (χ1v) is 9.20. The number of carbonyl (C=O) groups is 2. The van der Waals surface area contributed by atoms with Crippen LogP contribution < -0.4 is 10.2 Å². The number of methoxy groups -OCH3 is 1. The fourth-order valence-electron chi connectivity index (χ4n) is 3.40. The van der Waals surface area contributed by atoms with Crippen molar-refractivity contribution in [3.63, 3.8) is 0 Å². The number of hydrogen-bond acceptors (Lipinski definition) is 3. The summed E-state index contributed by atoms with van der Waals surface area (Å²) in [5.41, 5.74) is 5.26. The SMILES string of the molecule is COCc1ccc(CNC(=O)C2CC(=O)N(c3cccc(C)c3C)C2)cc1. The first kappa shape index (κ1) is 19.1. The molecule has 5 nitrogen and oxygen atoms in total. The average Bonchev–Trinajstić information content (AvgIpc) is 3.05. The minimum Gasteiger partial charge on any atom is -0.380 e. The number of ether oxygens (including phenoxy) is 1. The number of hydrogen-bond donors (Lipinski definition) is 1. The van der Waals surface area contributed by atoms with Crippen LogP contribution in [0.2, 0.25) is 0 Å². The largest absolute Gasteiger partial charge is 0.380 e. The third kappa shape index (κ3) is 4.37. The number of amides is 2. The van der Waals surface area contributed by atoms with Crippen LogP contribution in [0.3, 0.4) is 0 Å². The van der Waals surface area contributed by atoms with Gasteiger partial charge >= 0.3 is 0 Å². The van der Waals surface area contributed by atoms with Gasteiger partial charge in [0, 0.05) is 32.3 Å². The maximum absolute atomic E-state index is 12.6. The van der Waals surface area contributed by atoms with Crippen molar-refractivity contribution in [1.29, 1.82) is 0 Å². The second kappa shape index (κ2) is 8.35. The highest BCUT2D eigenvalue weighted by Gasteiger charge is 2.35. The predicted octanol–water partition coefficient (Wildman–Crippen LogP) is 3.12. The van der Waals surface area contributed by atoms with E-state index in [9.17, 15) is 9.59 Å². The van der Waals surface area contributed by atoms with Gasteiger partial charge in [-0.3, -0.25) is 9.59 Å². The molecule has 3 rings (SSSR count). The molecule has 142 valence electrons. The maximum atomic E-state index is 12.6. The van der Waals surface area contributed by atoms with Crippen molar-refractivity contribution < 1.29 is 14.3 Å². The second-order valence-electron chi connectivity index (χ2n) is 7.09. The quantitative estimate of drug-likeness (QED) is 0.855. The van der Waals surface area contributed by atoms with E-state index in [0.717, 1.165) is 27.9 Å². The number of rotatable bonds is 6. The van der Waals surface area contributed by atoms with Crippen molar-refractivity contribution >= 4 is 17.5 Å². The lowest BCUT2D eigenvalue weighted by Crippen LogP contribution is -2.32. The number of carbonyl (C=O) groups excluding carboxylic acids is 2. The molecule has 0 bridgehead atoms. The zero-order chi connectivity index (χ0) is 19.4. The van der Waals surface area contributed by atoms with Gasteiger partial charge in [-0.1, -0.05) is 36.4 Å². The second-order valence-corrected chi connectivity index (χ2v) is 7.09. The van der Waals surface area contributed by atoms with E-state index in [1.165, 1.54) is 0 Å². The molecule has 1 aliphatic rings. The highest BCUT2D eigenvalue weighted by Crippen LogP contribution is 2.29. The number of anilines is 1. The number of aryl methyl sites for hydroxylation is 1. The summed E-state index contributed by atoms with van der Waals surface area (Å²) in [5.74, 6) is -0.380. The summed E-state index contributed by atoms with van der Waals surface area (Å²) in [6.45, 7) is 5.51. The molecule has 27 heavy (non-hydrogen) atoms. The minimum atomic E-state index is -0.315. The summed E-state index contributed by atoms with van der Waals surface area (Å²) in [6.07, 6.45) is 0.256. The molecule has 0 spiro atoms. The Morgan fingerprint density at radius 3 is 2.56 bits per heavy atom. The van der Waals surface area contributed by atoms with E-state index in [2.05, 4.69) is 5.32 Å². The lowest BCUT2D eigenvalue weighted by molar-refractivity contribution is -0.126. The molecule has 1 heterocycles. The molecular weight excluding hydrogens is 340 g/mol. The van der Waals surface area contributed by atoms with E-state index >= 15 is 0 Å². The van der Waals surface area contributed by atoms with Crippen molar-refractivity contribution in [2.45, 2.75) is 33.4 Å². The molecule has 2 amide bonds. The van der Waals surface area contributed by atoms with Crippen LogP contribution in [0.25, 0.3) is 0 Å². The molecule has 1 N–H and O–H groups in total. The molecule has 1 aliphatic heterocycles. The first-order valence-electron chi connectivity index (χ1n) is 9.20. The highest BCUT2D eigenvalue weighted by molar-refractivity contribution is 6.00. The lowest BCUT2D eigenvalue weighted by atomic mass is 10.1. The topological polar surface area (TPSA) is 58.6 Å². The average molecular weight is 366 g/mol. The van der Waals surface area contributed by atoms with Gasteiger partial charge in [0.25, 0.3) is 0 Å². The fraction of sp³-hybridized carbons (Fsp3) is 0.364. The smallest absolute Gasteiger partial charge is 0.227 e. The Kier molecular flexibility index (Phi) is 5.91. The van der Waals surface area contributed by atoms with Gasteiger partial charge in [0.2, 0.25) is 11.8 Å². The van der Waals surface area contributed by atoms with Crippen LogP contribution in [0.1, 0.15) is 28.7 Å². The van der Waals surface area contributed by atoms with E-state index in [1.54, 1.807) is 12.0 Å². The molecule has 1 unspecified atom stereocenters. The maximum Gasteiger partial charge on any atom is 0.227 e. The summed E-state index contributed by atoms with van der Waals surface area (Å²) in [5, 5.41) is 2.96. The van der Waals surface area contributed by atoms with Gasteiger partial charge in [-0.2, -0.15) is 0 Å². The highest BCUT2D eigenvalue weighted by atomic mass is 16.5. The van der Waals surface area contributed by atoms with Crippen molar-refractivity contribution in [3.05, 3.63) is 64.7 Å². The molecule has 0 saturated carbocycles. The zero-order valence-corrected chi connectivity index (χ0v) is 16.1. The minimum absolute atomic E-state index is 0.00719. The Bertz CT molecular complexity index is 830. The van der Waals surface area contributed by atoms with Gasteiger partial charge in [-0.25, -0.2) is 0 Å². The Morgan fingerprint density at radius 1 is 1.15 bits per heavy atom. The number of nitrogens with one attached hydrogen (secondary N) is 1. The number of nitrogens with zero attached hydrogens (tertiary/aromatic N) is 1. The van der Waals surface area contributed by atoms with Crippen LogP contribution in [0.15, 0.2) is 42.5 Å². The lowest BCUT2D eigenvalue weighted by Gasteiger charge is -2.20. The van der Waals surface area contributed by atoms with E-state index in [1.807, 2.05) is 56.3 Å². The molecule has 2 aromatic rings. The van der Waals surface area contributed by atoms with Crippen LogP contribution >= 0.6 is 0 Å². The summed E-state index contributed by atoms with van der Waals surface area (Å²) >= 11 is 0. The van der Waals surface area contributed by atoms with Gasteiger partial charge < -0.3 is 15.0 Å². The van der Waals surface area contributed by atoms with E-state index < -0.39 is 0 Å². The van der Waals surface area contributed by atoms with E-state index in [-0.39, 0.29) is 24.2 Å². The molecule has 2 aromatic carbocycles. The molecule has 0 aliphatic carbocycles. The van der Waals surface area contributed by atoms with Crippen LogP contribution in [-0.4, -0.2) is 25.5 Å². The zero-order valence-electron chi connectivity index (χ0n) is 16.1. The molecule has 1 fully saturated rings. The van der Waals surface area contributed by atoms with Crippen molar-refractivity contribution in [2.24, 2.45) is 5.92 Å². The Labute approximate surface area is 160 Å². The molecule has 0 radical (unpaired) electrons. The van der Waals surface area contributed by atoms with Gasteiger partial charge in [0.15, 0.2) is 0 Å². The van der Waals surface area contributed by atoms with Crippen molar-refractivity contribution in [3.8, 4) is 0 Å². The first-order chi connectivity index (χ1) is 13.0. The van der Waals surface area contributed by atoms with E-state index in [0.29, 0.717) is 19.7 Å². The molecule has 1 saturated heterocycles. The summed E-state index contributed by atoms with van der Waals surface area (Å²) in [4.78, 5) is 26.8. The molecule has 0 aromatic heterocycles. The van der Waals surface area contributed by atoms with Crippen LogP contribution in [-0.2, 0) is 27.5 Å². The number of benzene rings is 2. The van der Waals surface area contributed by atoms with Crippen molar-refractivity contribution in [1.82, 2.24) is 5.32 Å². The third-order valence-electron chi connectivity index (χ3n) is 5.16. The van der Waals surface area contributed by atoms with Gasteiger partial charge in [-0.15, -0.1) is 0 Å². The van der Waals surface area contributed by atoms with Crippen LogP contribution in [0.5, 0.6) is 0 Å². The molecule has 1 atom stereocenters. The van der Waals surface area contributed by atoms with Crippen LogP contribution in [0.4, 0.5) is 5.69 Å². The Morgan fingerprint density at radius 2 is 1.85 bits per heavy atom. The van der Waals surface area contributed by atoms with E-state index in [4.69, 9.17) is 4.74 Å². The van der Waals surface area contributed by atoms with Gasteiger partial charge in [0.1, 0.15) is 0 Å². The Balaban J connectivity index is 1.59. The monoisotopic (exact) mass is 366 g/mol. The standard InChI is InChI=1S/C22H26N2O3/c1-15-5-4-6-20(16(15)2)24-13-19(11-21(24)25)22(26)23-12-17-7-9-18(10-8-17)14-27-3/h4-10,19H,11-14H2,1-3H3,(H,23,26). The molecule has 5 heteroatoms. The van der Waals surface area contributed by atoms with Gasteiger partial charge in [-0.05, 0) is 42.2 Å². The summed E-state index contributed by atoms with van der Waals surface area (Å²) in [6, 6.07) is 13.9. The molecular formula is C22H26N2O3.